The van der Waals surface area contributed by atoms with Crippen molar-refractivity contribution in [2.24, 2.45) is 5.92 Å². The molecular formula is C10H11BrF2N2. The normalized spacial score (nSPS) is 22.5. The fourth-order valence-corrected chi connectivity index (χ4v) is 1.84. The van der Waals surface area contributed by atoms with Gasteiger partial charge in [0.2, 0.25) is 0 Å². The first kappa shape index (κ1) is 10.8. The highest BCUT2D eigenvalue weighted by Gasteiger charge is 2.56. The van der Waals surface area contributed by atoms with E-state index in [9.17, 15) is 8.78 Å². The molecule has 0 N–H and O–H groups in total. The van der Waals surface area contributed by atoms with Crippen molar-refractivity contribution in [3.8, 4) is 0 Å². The molecule has 0 aliphatic heterocycles. The third-order valence-electron chi connectivity index (χ3n) is 2.54. The van der Waals surface area contributed by atoms with Gasteiger partial charge in [0.15, 0.2) is 0 Å². The first-order chi connectivity index (χ1) is 6.99. The molecule has 1 saturated carbocycles. The number of pyridine rings is 1. The quantitative estimate of drug-likeness (QED) is 0.790. The van der Waals surface area contributed by atoms with Crippen molar-refractivity contribution >= 4 is 21.7 Å². The number of rotatable bonds is 3. The molecule has 0 bridgehead atoms. The molecule has 82 valence electrons. The van der Waals surface area contributed by atoms with Gasteiger partial charge in [-0.25, -0.2) is 13.8 Å². The van der Waals surface area contributed by atoms with Crippen LogP contribution in [0.5, 0.6) is 0 Å². The van der Waals surface area contributed by atoms with E-state index in [4.69, 9.17) is 0 Å². The van der Waals surface area contributed by atoms with Gasteiger partial charge >= 0.3 is 0 Å². The number of hydrogen-bond acceptors (Lipinski definition) is 2. The number of nitrogens with zero attached hydrogens (tertiary/aromatic N) is 2. The molecule has 0 radical (unpaired) electrons. The fourth-order valence-electron chi connectivity index (χ4n) is 1.50. The van der Waals surface area contributed by atoms with Crippen LogP contribution < -0.4 is 4.90 Å². The van der Waals surface area contributed by atoms with Crippen molar-refractivity contribution in [3.63, 3.8) is 0 Å². The second kappa shape index (κ2) is 3.70. The maximum absolute atomic E-state index is 12.7. The third kappa shape index (κ3) is 2.45. The summed E-state index contributed by atoms with van der Waals surface area (Å²) >= 11 is 3.25. The summed E-state index contributed by atoms with van der Waals surface area (Å²) in [5, 5.41) is 0. The van der Waals surface area contributed by atoms with Crippen molar-refractivity contribution < 1.29 is 8.78 Å². The lowest BCUT2D eigenvalue weighted by Gasteiger charge is -2.17. The Morgan fingerprint density at radius 2 is 2.27 bits per heavy atom. The molecule has 0 saturated heterocycles. The van der Waals surface area contributed by atoms with Gasteiger partial charge in [-0.2, -0.15) is 0 Å². The van der Waals surface area contributed by atoms with Crippen molar-refractivity contribution in [1.82, 2.24) is 4.98 Å². The molecule has 2 rings (SSSR count). The van der Waals surface area contributed by atoms with Gasteiger partial charge in [0.25, 0.3) is 5.92 Å². The molecule has 1 aliphatic carbocycles. The van der Waals surface area contributed by atoms with Gasteiger partial charge < -0.3 is 4.90 Å². The minimum atomic E-state index is -2.46. The van der Waals surface area contributed by atoms with Gasteiger partial charge in [0.1, 0.15) is 10.4 Å². The van der Waals surface area contributed by atoms with E-state index in [1.165, 1.54) is 0 Å². The molecule has 1 aromatic heterocycles. The highest BCUT2D eigenvalue weighted by molar-refractivity contribution is 9.10. The Kier molecular flexibility index (Phi) is 2.66. The van der Waals surface area contributed by atoms with Crippen LogP contribution in [0.2, 0.25) is 0 Å². The highest BCUT2D eigenvalue weighted by atomic mass is 79.9. The van der Waals surface area contributed by atoms with E-state index in [1.54, 1.807) is 11.9 Å². The molecule has 2 nitrogen and oxygen atoms in total. The van der Waals surface area contributed by atoms with Crippen LogP contribution >= 0.6 is 15.9 Å². The summed E-state index contributed by atoms with van der Waals surface area (Å²) in [5.41, 5.74) is 0. The van der Waals surface area contributed by atoms with Gasteiger partial charge in [-0.1, -0.05) is 6.07 Å². The third-order valence-corrected chi connectivity index (χ3v) is 2.98. The van der Waals surface area contributed by atoms with Crippen molar-refractivity contribution in [3.05, 3.63) is 22.8 Å². The molecule has 1 aromatic rings. The van der Waals surface area contributed by atoms with E-state index < -0.39 is 11.8 Å². The first-order valence-electron chi connectivity index (χ1n) is 4.70. The Hall–Kier alpha value is -0.710. The van der Waals surface area contributed by atoms with Crippen molar-refractivity contribution in [2.45, 2.75) is 12.3 Å². The minimum absolute atomic E-state index is 0.00530. The molecule has 0 amide bonds. The van der Waals surface area contributed by atoms with E-state index in [0.717, 1.165) is 4.60 Å². The summed E-state index contributed by atoms with van der Waals surface area (Å²) in [4.78, 5) is 5.96. The largest absolute Gasteiger partial charge is 0.359 e. The number of aromatic nitrogens is 1. The molecule has 1 unspecified atom stereocenters. The predicted molar refractivity (Wildman–Crippen MR) is 58.3 cm³/mol. The molecule has 0 aromatic carbocycles. The van der Waals surface area contributed by atoms with Gasteiger partial charge in [-0.05, 0) is 28.1 Å². The molecule has 1 fully saturated rings. The minimum Gasteiger partial charge on any atom is -0.359 e. The van der Waals surface area contributed by atoms with E-state index in [2.05, 4.69) is 20.9 Å². The molecule has 5 heteroatoms. The Morgan fingerprint density at radius 1 is 1.60 bits per heavy atom. The van der Waals surface area contributed by atoms with Crippen molar-refractivity contribution in [1.29, 1.82) is 0 Å². The van der Waals surface area contributed by atoms with E-state index in [-0.39, 0.29) is 6.42 Å². The zero-order valence-electron chi connectivity index (χ0n) is 8.25. The van der Waals surface area contributed by atoms with Crippen LogP contribution in [0.3, 0.4) is 0 Å². The summed E-state index contributed by atoms with van der Waals surface area (Å²) in [6, 6.07) is 5.46. The monoisotopic (exact) mass is 276 g/mol. The number of halogens is 3. The molecular weight excluding hydrogens is 266 g/mol. The summed E-state index contributed by atoms with van der Waals surface area (Å²) in [5.74, 6) is -2.25. The summed E-state index contributed by atoms with van der Waals surface area (Å²) in [7, 11) is 1.78. The van der Waals surface area contributed by atoms with Crippen LogP contribution in [0.25, 0.3) is 0 Å². The van der Waals surface area contributed by atoms with Crippen LogP contribution in [0.4, 0.5) is 14.6 Å². The second-order valence-electron chi connectivity index (χ2n) is 3.86. The molecule has 1 aliphatic rings. The number of anilines is 1. The lowest BCUT2D eigenvalue weighted by atomic mass is 10.3. The van der Waals surface area contributed by atoms with Gasteiger partial charge in [0.05, 0.1) is 0 Å². The SMILES string of the molecule is CN(CC1CC1(F)F)c1cccc(Br)n1. The Morgan fingerprint density at radius 3 is 2.80 bits per heavy atom. The van der Waals surface area contributed by atoms with Crippen LogP contribution in [0.15, 0.2) is 22.8 Å². The Labute approximate surface area is 95.4 Å². The maximum Gasteiger partial charge on any atom is 0.253 e. The van der Waals surface area contributed by atoms with E-state index >= 15 is 0 Å². The predicted octanol–water partition coefficient (Wildman–Crippen LogP) is 2.94. The molecule has 1 heterocycles. The summed E-state index contributed by atoms with van der Waals surface area (Å²) in [6.07, 6.45) is 0.00530. The van der Waals surface area contributed by atoms with Crippen molar-refractivity contribution in [2.75, 3.05) is 18.5 Å². The van der Waals surface area contributed by atoms with Crippen LogP contribution in [-0.4, -0.2) is 24.5 Å². The maximum atomic E-state index is 12.7. The molecule has 15 heavy (non-hydrogen) atoms. The zero-order chi connectivity index (χ0) is 11.1. The number of alkyl halides is 2. The van der Waals surface area contributed by atoms with Gasteiger partial charge in [-0.3, -0.25) is 0 Å². The average molecular weight is 277 g/mol. The highest BCUT2D eigenvalue weighted by Crippen LogP contribution is 2.48. The summed E-state index contributed by atoms with van der Waals surface area (Å²) < 4.78 is 26.1. The Balaban J connectivity index is 1.99. The first-order valence-corrected chi connectivity index (χ1v) is 5.50. The summed E-state index contributed by atoms with van der Waals surface area (Å²) in [6.45, 7) is 0.358. The van der Waals surface area contributed by atoms with Gasteiger partial charge in [0, 0.05) is 25.9 Å². The van der Waals surface area contributed by atoms with Gasteiger partial charge in [-0.15, -0.1) is 0 Å². The second-order valence-corrected chi connectivity index (χ2v) is 4.67. The average Bonchev–Trinajstić information content (AvgIpc) is 2.73. The van der Waals surface area contributed by atoms with Crippen LogP contribution in [-0.2, 0) is 0 Å². The smallest absolute Gasteiger partial charge is 0.253 e. The topological polar surface area (TPSA) is 16.1 Å². The van der Waals surface area contributed by atoms with E-state index in [0.29, 0.717) is 12.4 Å². The zero-order valence-corrected chi connectivity index (χ0v) is 9.84. The standard InChI is InChI=1S/C10H11BrF2N2/c1-15(6-7-5-10(7,12)13)9-4-2-3-8(11)14-9/h2-4,7H,5-6H2,1H3. The van der Waals surface area contributed by atoms with E-state index in [1.807, 2.05) is 18.2 Å². The number of hydrogen-bond donors (Lipinski definition) is 0. The molecule has 0 spiro atoms. The molecule has 1 atom stereocenters. The fraction of sp³-hybridized carbons (Fsp3) is 0.500. The lowest BCUT2D eigenvalue weighted by molar-refractivity contribution is 0.100. The van der Waals surface area contributed by atoms with Crippen LogP contribution in [0.1, 0.15) is 6.42 Å². The van der Waals surface area contributed by atoms with Crippen LogP contribution in [0, 0.1) is 5.92 Å². The Bertz CT molecular complexity index is 370. The lowest BCUT2D eigenvalue weighted by Crippen LogP contribution is -2.23.